The standard InChI is InChI=1S/C12H19NO4S2/c1-9(2)12-8-11(7-6-10(12)3)13(18(4,14)15)19(5,16)17/h6-9H,1-5H3. The third-order valence-electron chi connectivity index (χ3n) is 2.70. The molecule has 0 radical (unpaired) electrons. The van der Waals surface area contributed by atoms with E-state index in [9.17, 15) is 16.8 Å². The lowest BCUT2D eigenvalue weighted by Crippen LogP contribution is -2.35. The van der Waals surface area contributed by atoms with Crippen molar-refractivity contribution in [2.24, 2.45) is 0 Å². The van der Waals surface area contributed by atoms with E-state index in [0.717, 1.165) is 23.6 Å². The highest BCUT2D eigenvalue weighted by Gasteiger charge is 2.27. The van der Waals surface area contributed by atoms with Crippen LogP contribution < -0.4 is 3.71 Å². The first-order chi connectivity index (χ1) is 8.44. The molecule has 1 aromatic carbocycles. The van der Waals surface area contributed by atoms with Gasteiger partial charge in [-0.1, -0.05) is 19.9 Å². The van der Waals surface area contributed by atoms with Crippen molar-refractivity contribution in [1.29, 1.82) is 0 Å². The van der Waals surface area contributed by atoms with Crippen LogP contribution in [-0.4, -0.2) is 29.3 Å². The van der Waals surface area contributed by atoms with Crippen LogP contribution in [0.15, 0.2) is 18.2 Å². The topological polar surface area (TPSA) is 71.5 Å². The van der Waals surface area contributed by atoms with Gasteiger partial charge in [0.05, 0.1) is 18.2 Å². The van der Waals surface area contributed by atoms with Gasteiger partial charge in [-0.2, -0.15) is 3.71 Å². The fourth-order valence-corrected chi connectivity index (χ4v) is 4.95. The highest BCUT2D eigenvalue weighted by Crippen LogP contribution is 2.27. The van der Waals surface area contributed by atoms with E-state index in [0.29, 0.717) is 3.71 Å². The van der Waals surface area contributed by atoms with Gasteiger partial charge < -0.3 is 0 Å². The molecule has 5 nitrogen and oxygen atoms in total. The average molecular weight is 305 g/mol. The number of anilines is 1. The van der Waals surface area contributed by atoms with E-state index >= 15 is 0 Å². The number of sulfonamides is 2. The molecule has 0 aliphatic rings. The fourth-order valence-electron chi connectivity index (χ4n) is 1.99. The van der Waals surface area contributed by atoms with Crippen LogP contribution in [-0.2, 0) is 20.0 Å². The molecule has 0 atom stereocenters. The highest BCUT2D eigenvalue weighted by atomic mass is 32.3. The van der Waals surface area contributed by atoms with Gasteiger partial charge in [0, 0.05) is 0 Å². The minimum Gasteiger partial charge on any atom is -0.206 e. The Bertz CT molecular complexity index is 644. The average Bonchev–Trinajstić information content (AvgIpc) is 2.16. The van der Waals surface area contributed by atoms with Crippen molar-refractivity contribution < 1.29 is 16.8 Å². The third-order valence-corrected chi connectivity index (χ3v) is 5.95. The van der Waals surface area contributed by atoms with Crippen LogP contribution in [0.5, 0.6) is 0 Å². The maximum atomic E-state index is 11.7. The predicted octanol–water partition coefficient (Wildman–Crippen LogP) is 1.84. The van der Waals surface area contributed by atoms with E-state index in [1.807, 2.05) is 20.8 Å². The van der Waals surface area contributed by atoms with Gasteiger partial charge in [-0.3, -0.25) is 0 Å². The molecular weight excluding hydrogens is 286 g/mol. The molecule has 0 heterocycles. The minimum absolute atomic E-state index is 0.152. The molecule has 0 unspecified atom stereocenters. The Hall–Kier alpha value is -1.08. The second kappa shape index (κ2) is 5.13. The molecule has 7 heteroatoms. The zero-order chi connectivity index (χ0) is 15.0. The summed E-state index contributed by atoms with van der Waals surface area (Å²) in [5.74, 6) is 0.181. The first kappa shape index (κ1) is 16.0. The first-order valence-corrected chi connectivity index (χ1v) is 9.45. The van der Waals surface area contributed by atoms with E-state index < -0.39 is 20.0 Å². The normalized spacial score (nSPS) is 12.7. The Balaban J connectivity index is 3.55. The van der Waals surface area contributed by atoms with Gasteiger partial charge >= 0.3 is 0 Å². The minimum atomic E-state index is -3.89. The van der Waals surface area contributed by atoms with Crippen LogP contribution in [0.2, 0.25) is 0 Å². The Kier molecular flexibility index (Phi) is 4.31. The number of rotatable bonds is 4. The number of hydrogen-bond donors (Lipinski definition) is 0. The first-order valence-electron chi connectivity index (χ1n) is 5.75. The van der Waals surface area contributed by atoms with Gasteiger partial charge in [-0.25, -0.2) is 16.8 Å². The molecule has 19 heavy (non-hydrogen) atoms. The summed E-state index contributed by atoms with van der Waals surface area (Å²) in [6, 6.07) is 4.85. The van der Waals surface area contributed by atoms with E-state index in [1.54, 1.807) is 12.1 Å². The second-order valence-corrected chi connectivity index (χ2v) is 8.81. The summed E-state index contributed by atoms with van der Waals surface area (Å²) in [6.07, 6.45) is 1.76. The summed E-state index contributed by atoms with van der Waals surface area (Å²) in [5, 5.41) is 0. The second-order valence-electron chi connectivity index (χ2n) is 4.92. The quantitative estimate of drug-likeness (QED) is 0.851. The van der Waals surface area contributed by atoms with Crippen LogP contribution in [0.1, 0.15) is 30.9 Å². The molecule has 0 saturated carbocycles. The number of hydrogen-bond acceptors (Lipinski definition) is 4. The number of nitrogens with zero attached hydrogens (tertiary/aromatic N) is 1. The van der Waals surface area contributed by atoms with Gasteiger partial charge in [0.1, 0.15) is 0 Å². The summed E-state index contributed by atoms with van der Waals surface area (Å²) in [5.41, 5.74) is 2.08. The molecule has 0 aliphatic heterocycles. The Morgan fingerprint density at radius 2 is 1.47 bits per heavy atom. The lowest BCUT2D eigenvalue weighted by Gasteiger charge is -2.21. The number of aryl methyl sites for hydroxylation is 1. The SMILES string of the molecule is Cc1ccc(N(S(C)(=O)=O)S(C)(=O)=O)cc1C(C)C. The summed E-state index contributed by atoms with van der Waals surface area (Å²) in [7, 11) is -7.77. The maximum absolute atomic E-state index is 11.7. The van der Waals surface area contributed by atoms with Crippen LogP contribution in [0, 0.1) is 6.92 Å². The van der Waals surface area contributed by atoms with E-state index in [2.05, 4.69) is 0 Å². The van der Waals surface area contributed by atoms with Crippen LogP contribution in [0.25, 0.3) is 0 Å². The maximum Gasteiger partial charge on any atom is 0.245 e. The van der Waals surface area contributed by atoms with Crippen molar-refractivity contribution in [3.8, 4) is 0 Å². The van der Waals surface area contributed by atoms with Crippen molar-refractivity contribution in [1.82, 2.24) is 0 Å². The largest absolute Gasteiger partial charge is 0.245 e. The Labute approximate surface area is 115 Å². The van der Waals surface area contributed by atoms with Crippen LogP contribution in [0.3, 0.4) is 0 Å². The molecule has 108 valence electrons. The van der Waals surface area contributed by atoms with Crippen molar-refractivity contribution >= 4 is 25.7 Å². The molecule has 0 saturated heterocycles. The Morgan fingerprint density at radius 1 is 1.00 bits per heavy atom. The summed E-state index contributed by atoms with van der Waals surface area (Å²) >= 11 is 0. The molecule has 0 aliphatic carbocycles. The molecule has 0 spiro atoms. The molecule has 0 aromatic heterocycles. The van der Waals surface area contributed by atoms with Gasteiger partial charge in [-0.15, -0.1) is 0 Å². The lowest BCUT2D eigenvalue weighted by atomic mass is 9.98. The molecule has 1 aromatic rings. The van der Waals surface area contributed by atoms with Gasteiger partial charge in [0.15, 0.2) is 0 Å². The molecule has 0 bridgehead atoms. The van der Waals surface area contributed by atoms with Crippen LogP contribution >= 0.6 is 0 Å². The summed E-state index contributed by atoms with van der Waals surface area (Å²) < 4.78 is 47.2. The smallest absolute Gasteiger partial charge is 0.206 e. The molecule has 0 N–H and O–H groups in total. The van der Waals surface area contributed by atoms with Crippen molar-refractivity contribution in [3.63, 3.8) is 0 Å². The lowest BCUT2D eigenvalue weighted by molar-refractivity contribution is 0.590. The summed E-state index contributed by atoms with van der Waals surface area (Å²) in [4.78, 5) is 0. The van der Waals surface area contributed by atoms with Crippen molar-refractivity contribution in [2.45, 2.75) is 26.7 Å². The zero-order valence-electron chi connectivity index (χ0n) is 11.7. The number of benzene rings is 1. The Morgan fingerprint density at radius 3 is 1.84 bits per heavy atom. The van der Waals surface area contributed by atoms with Gasteiger partial charge in [0.2, 0.25) is 20.0 Å². The van der Waals surface area contributed by atoms with E-state index in [4.69, 9.17) is 0 Å². The molecule has 0 fully saturated rings. The van der Waals surface area contributed by atoms with Crippen molar-refractivity contribution in [2.75, 3.05) is 16.2 Å². The monoisotopic (exact) mass is 305 g/mol. The zero-order valence-corrected chi connectivity index (χ0v) is 13.3. The van der Waals surface area contributed by atoms with E-state index in [-0.39, 0.29) is 11.6 Å². The summed E-state index contributed by atoms with van der Waals surface area (Å²) in [6.45, 7) is 5.85. The van der Waals surface area contributed by atoms with Gasteiger partial charge in [-0.05, 0) is 36.1 Å². The van der Waals surface area contributed by atoms with E-state index in [1.165, 1.54) is 6.07 Å². The van der Waals surface area contributed by atoms with Crippen LogP contribution in [0.4, 0.5) is 5.69 Å². The predicted molar refractivity (Wildman–Crippen MR) is 77.4 cm³/mol. The molecular formula is C12H19NO4S2. The molecule has 0 amide bonds. The van der Waals surface area contributed by atoms with Gasteiger partial charge in [0.25, 0.3) is 0 Å². The van der Waals surface area contributed by atoms with Crippen molar-refractivity contribution in [3.05, 3.63) is 29.3 Å². The molecule has 1 rings (SSSR count). The third kappa shape index (κ3) is 3.70. The highest BCUT2D eigenvalue weighted by molar-refractivity contribution is 8.09. The fraction of sp³-hybridized carbons (Fsp3) is 0.500.